The number of anilines is 1. The number of nitrogens with zero attached hydrogens (tertiary/aromatic N) is 1. The maximum atomic E-state index is 11.9. The molecule has 12 heteroatoms. The Balaban J connectivity index is 1.78. The van der Waals surface area contributed by atoms with Gasteiger partial charge in [-0.25, -0.2) is 8.42 Å². The number of carbonyl (C=O) groups is 1. The SMILES string of the molecule is CS(=O)(=O)c1ccc(NCCNC(=O)CCOc2ccc(Cl)c(Cl)c2)c([N+](=O)[O-])c1. The highest BCUT2D eigenvalue weighted by atomic mass is 35.5. The zero-order chi connectivity index (χ0) is 22.3. The van der Waals surface area contributed by atoms with Crippen molar-refractivity contribution >= 4 is 50.3 Å². The topological polar surface area (TPSA) is 128 Å². The fraction of sp³-hybridized carbons (Fsp3) is 0.278. The van der Waals surface area contributed by atoms with Crippen LogP contribution in [0.15, 0.2) is 41.3 Å². The summed E-state index contributed by atoms with van der Waals surface area (Å²) in [6.07, 6.45) is 1.07. The smallest absolute Gasteiger partial charge is 0.293 e. The molecule has 0 bridgehead atoms. The highest BCUT2D eigenvalue weighted by molar-refractivity contribution is 7.90. The van der Waals surface area contributed by atoms with Crippen LogP contribution in [0.5, 0.6) is 5.75 Å². The Morgan fingerprint density at radius 1 is 1.13 bits per heavy atom. The number of ether oxygens (including phenoxy) is 1. The number of hydrogen-bond donors (Lipinski definition) is 2. The number of sulfone groups is 1. The number of nitro benzene ring substituents is 1. The summed E-state index contributed by atoms with van der Waals surface area (Å²) in [7, 11) is -3.56. The van der Waals surface area contributed by atoms with E-state index in [9.17, 15) is 23.3 Å². The van der Waals surface area contributed by atoms with Gasteiger partial charge in [-0.3, -0.25) is 14.9 Å². The fourth-order valence-electron chi connectivity index (χ4n) is 2.36. The maximum absolute atomic E-state index is 11.9. The summed E-state index contributed by atoms with van der Waals surface area (Å²) in [4.78, 5) is 22.2. The van der Waals surface area contributed by atoms with Crippen LogP contribution < -0.4 is 15.4 Å². The summed E-state index contributed by atoms with van der Waals surface area (Å²) in [6, 6.07) is 8.37. The van der Waals surface area contributed by atoms with Crippen molar-refractivity contribution in [3.63, 3.8) is 0 Å². The maximum Gasteiger partial charge on any atom is 0.293 e. The number of nitro groups is 1. The van der Waals surface area contributed by atoms with Gasteiger partial charge in [0.15, 0.2) is 9.84 Å². The minimum absolute atomic E-state index is 0.101. The van der Waals surface area contributed by atoms with Gasteiger partial charge in [0.2, 0.25) is 5.91 Å². The van der Waals surface area contributed by atoms with Gasteiger partial charge in [0.25, 0.3) is 5.69 Å². The second-order valence-corrected chi connectivity index (χ2v) is 8.99. The van der Waals surface area contributed by atoms with E-state index in [4.69, 9.17) is 27.9 Å². The first kappa shape index (κ1) is 23.7. The third kappa shape index (κ3) is 7.05. The molecule has 0 spiro atoms. The van der Waals surface area contributed by atoms with Crippen LogP contribution in [0.1, 0.15) is 6.42 Å². The highest BCUT2D eigenvalue weighted by Gasteiger charge is 2.18. The van der Waals surface area contributed by atoms with Gasteiger partial charge in [0.1, 0.15) is 11.4 Å². The zero-order valence-electron chi connectivity index (χ0n) is 15.9. The van der Waals surface area contributed by atoms with Gasteiger partial charge in [-0.1, -0.05) is 23.2 Å². The summed E-state index contributed by atoms with van der Waals surface area (Å²) < 4.78 is 28.5. The Morgan fingerprint density at radius 2 is 1.87 bits per heavy atom. The molecule has 0 saturated heterocycles. The van der Waals surface area contributed by atoms with Gasteiger partial charge >= 0.3 is 0 Å². The van der Waals surface area contributed by atoms with Crippen LogP contribution in [0.3, 0.4) is 0 Å². The number of rotatable bonds is 10. The molecule has 9 nitrogen and oxygen atoms in total. The summed E-state index contributed by atoms with van der Waals surface area (Å²) in [5, 5.41) is 17.4. The molecule has 162 valence electrons. The minimum Gasteiger partial charge on any atom is -0.493 e. The average Bonchev–Trinajstić information content (AvgIpc) is 2.67. The summed E-state index contributed by atoms with van der Waals surface area (Å²) in [6.45, 7) is 0.546. The van der Waals surface area contributed by atoms with Crippen molar-refractivity contribution in [2.45, 2.75) is 11.3 Å². The minimum atomic E-state index is -3.56. The standard InChI is InChI=1S/C18H19Cl2N3O6S/c1-30(27,28)13-3-5-16(17(11-13)23(25)26)21-7-8-22-18(24)6-9-29-12-2-4-14(19)15(20)10-12/h2-5,10-11,21H,6-9H2,1H3,(H,22,24). The molecular weight excluding hydrogens is 457 g/mol. The largest absolute Gasteiger partial charge is 0.493 e. The molecular formula is C18H19Cl2N3O6S. The quantitative estimate of drug-likeness (QED) is 0.306. The van der Waals surface area contributed by atoms with E-state index in [1.54, 1.807) is 18.2 Å². The van der Waals surface area contributed by atoms with Crippen LogP contribution in [0, 0.1) is 10.1 Å². The molecule has 30 heavy (non-hydrogen) atoms. The van der Waals surface area contributed by atoms with Crippen molar-refractivity contribution in [3.05, 3.63) is 56.6 Å². The monoisotopic (exact) mass is 475 g/mol. The van der Waals surface area contributed by atoms with Crippen LogP contribution >= 0.6 is 23.2 Å². The van der Waals surface area contributed by atoms with E-state index in [0.29, 0.717) is 15.8 Å². The van der Waals surface area contributed by atoms with E-state index >= 15 is 0 Å². The van der Waals surface area contributed by atoms with Crippen molar-refractivity contribution in [1.29, 1.82) is 0 Å². The van der Waals surface area contributed by atoms with E-state index in [-0.39, 0.29) is 48.3 Å². The number of benzene rings is 2. The van der Waals surface area contributed by atoms with Crippen molar-refractivity contribution in [2.24, 2.45) is 0 Å². The molecule has 2 aromatic carbocycles. The predicted molar refractivity (Wildman–Crippen MR) is 114 cm³/mol. The summed E-state index contributed by atoms with van der Waals surface area (Å²) in [5.74, 6) is 0.225. The Labute approximate surface area is 183 Å². The Hall–Kier alpha value is -2.56. The van der Waals surface area contributed by atoms with Crippen LogP contribution in [-0.4, -0.2) is 45.2 Å². The zero-order valence-corrected chi connectivity index (χ0v) is 18.2. The van der Waals surface area contributed by atoms with Gasteiger partial charge in [-0.2, -0.15) is 0 Å². The second-order valence-electron chi connectivity index (χ2n) is 6.16. The molecule has 1 amide bonds. The summed E-state index contributed by atoms with van der Waals surface area (Å²) >= 11 is 11.7. The molecule has 0 aliphatic carbocycles. The van der Waals surface area contributed by atoms with E-state index in [0.717, 1.165) is 12.3 Å². The Morgan fingerprint density at radius 3 is 2.50 bits per heavy atom. The van der Waals surface area contributed by atoms with Crippen molar-refractivity contribution in [2.75, 3.05) is 31.3 Å². The van der Waals surface area contributed by atoms with Crippen molar-refractivity contribution < 1.29 is 22.9 Å². The Kier molecular flexibility index (Phi) is 8.27. The third-order valence-corrected chi connectivity index (χ3v) is 5.69. The number of amides is 1. The molecule has 0 radical (unpaired) electrons. The van der Waals surface area contributed by atoms with E-state index in [1.807, 2.05) is 0 Å². The van der Waals surface area contributed by atoms with E-state index in [2.05, 4.69) is 10.6 Å². The average molecular weight is 476 g/mol. The lowest BCUT2D eigenvalue weighted by molar-refractivity contribution is -0.384. The molecule has 2 rings (SSSR count). The lowest BCUT2D eigenvalue weighted by Gasteiger charge is -2.10. The number of hydrogen-bond acceptors (Lipinski definition) is 7. The van der Waals surface area contributed by atoms with Crippen LogP contribution in [0.25, 0.3) is 0 Å². The van der Waals surface area contributed by atoms with Gasteiger partial charge in [0.05, 0.1) is 32.9 Å². The lowest BCUT2D eigenvalue weighted by Crippen LogP contribution is -2.29. The number of nitrogens with one attached hydrogen (secondary N) is 2. The second kappa shape index (κ2) is 10.5. The van der Waals surface area contributed by atoms with Gasteiger partial charge in [-0.05, 0) is 24.3 Å². The molecule has 0 saturated carbocycles. The van der Waals surface area contributed by atoms with Crippen LogP contribution in [-0.2, 0) is 14.6 Å². The van der Waals surface area contributed by atoms with Gasteiger partial charge < -0.3 is 15.4 Å². The molecule has 0 unspecified atom stereocenters. The predicted octanol–water partition coefficient (Wildman–Crippen LogP) is 3.30. The number of halogens is 2. The molecule has 0 aliphatic heterocycles. The van der Waals surface area contributed by atoms with Crippen molar-refractivity contribution in [3.8, 4) is 5.75 Å². The normalized spacial score (nSPS) is 11.0. The van der Waals surface area contributed by atoms with Crippen molar-refractivity contribution in [1.82, 2.24) is 5.32 Å². The fourth-order valence-corrected chi connectivity index (χ4v) is 3.29. The molecule has 2 N–H and O–H groups in total. The van der Waals surface area contributed by atoms with Crippen LogP contribution in [0.4, 0.5) is 11.4 Å². The first-order chi connectivity index (χ1) is 14.1. The lowest BCUT2D eigenvalue weighted by atomic mass is 10.2. The number of carbonyl (C=O) groups excluding carboxylic acids is 1. The third-order valence-electron chi connectivity index (χ3n) is 3.85. The van der Waals surface area contributed by atoms with E-state index in [1.165, 1.54) is 12.1 Å². The molecule has 2 aromatic rings. The van der Waals surface area contributed by atoms with Crippen LogP contribution in [0.2, 0.25) is 10.0 Å². The molecule has 0 fully saturated rings. The van der Waals surface area contributed by atoms with Gasteiger partial charge in [0, 0.05) is 31.5 Å². The molecule has 0 aromatic heterocycles. The highest BCUT2D eigenvalue weighted by Crippen LogP contribution is 2.27. The van der Waals surface area contributed by atoms with Gasteiger partial charge in [-0.15, -0.1) is 0 Å². The Bertz CT molecular complexity index is 1050. The molecule has 0 heterocycles. The first-order valence-corrected chi connectivity index (χ1v) is 11.3. The summed E-state index contributed by atoms with van der Waals surface area (Å²) in [5.41, 5.74) is -0.205. The molecule has 0 atom stereocenters. The first-order valence-electron chi connectivity index (χ1n) is 8.65. The van der Waals surface area contributed by atoms with E-state index < -0.39 is 14.8 Å². The molecule has 0 aliphatic rings.